The Morgan fingerprint density at radius 1 is 1.10 bits per heavy atom. The highest BCUT2D eigenvalue weighted by Gasteiger charge is 2.14. The van der Waals surface area contributed by atoms with E-state index in [-0.39, 0.29) is 6.04 Å². The summed E-state index contributed by atoms with van der Waals surface area (Å²) in [5.41, 5.74) is 3.28. The minimum absolute atomic E-state index is 0.00307. The summed E-state index contributed by atoms with van der Waals surface area (Å²) in [6, 6.07) is 18.6. The van der Waals surface area contributed by atoms with Gasteiger partial charge in [-0.1, -0.05) is 42.5 Å². The minimum atomic E-state index is 0.00307. The molecule has 0 saturated carbocycles. The van der Waals surface area contributed by atoms with Crippen LogP contribution in [0, 0.1) is 0 Å². The van der Waals surface area contributed by atoms with Gasteiger partial charge in [0, 0.05) is 32.2 Å². The quantitative estimate of drug-likeness (QED) is 0.433. The Kier molecular flexibility index (Phi) is 7.22. The number of hydrogen-bond donors (Lipinski definition) is 2. The standard InChI is InChI=1S/C25H31N3O3/c1-18(24-15-21-5-3-4-6-23(21)31-24)28-25(26-2)27-16-19-7-9-20(10-8-19)17-30-22-11-13-29-14-12-22/h3-10,15,18,22H,11-14,16-17H2,1-2H3,(H2,26,27,28). The topological polar surface area (TPSA) is 68.0 Å². The summed E-state index contributed by atoms with van der Waals surface area (Å²) in [5.74, 6) is 1.62. The first-order valence-electron chi connectivity index (χ1n) is 10.9. The lowest BCUT2D eigenvalue weighted by Crippen LogP contribution is -2.38. The van der Waals surface area contributed by atoms with E-state index >= 15 is 0 Å². The zero-order chi connectivity index (χ0) is 21.5. The molecule has 1 atom stereocenters. The van der Waals surface area contributed by atoms with Crippen LogP contribution in [-0.2, 0) is 22.6 Å². The number of rotatable bonds is 7. The normalized spacial score (nSPS) is 16.4. The number of guanidine groups is 1. The Morgan fingerprint density at radius 2 is 1.84 bits per heavy atom. The van der Waals surface area contributed by atoms with Gasteiger partial charge in [0.1, 0.15) is 11.3 Å². The van der Waals surface area contributed by atoms with Crippen LogP contribution in [0.2, 0.25) is 0 Å². The van der Waals surface area contributed by atoms with Crippen LogP contribution in [0.25, 0.3) is 11.0 Å². The molecular weight excluding hydrogens is 390 g/mol. The van der Waals surface area contributed by atoms with Crippen LogP contribution in [-0.4, -0.2) is 32.3 Å². The molecule has 0 bridgehead atoms. The fraction of sp³-hybridized carbons (Fsp3) is 0.400. The van der Waals surface area contributed by atoms with E-state index in [4.69, 9.17) is 13.9 Å². The fourth-order valence-corrected chi connectivity index (χ4v) is 3.68. The molecule has 164 valence electrons. The monoisotopic (exact) mass is 421 g/mol. The minimum Gasteiger partial charge on any atom is -0.459 e. The third kappa shape index (κ3) is 5.87. The Morgan fingerprint density at radius 3 is 2.58 bits per heavy atom. The molecule has 2 heterocycles. The number of nitrogens with zero attached hydrogens (tertiary/aromatic N) is 1. The number of aliphatic imine (C=N–C) groups is 1. The van der Waals surface area contributed by atoms with Gasteiger partial charge in [0.25, 0.3) is 0 Å². The van der Waals surface area contributed by atoms with E-state index in [1.165, 1.54) is 11.1 Å². The van der Waals surface area contributed by atoms with Crippen LogP contribution < -0.4 is 10.6 Å². The van der Waals surface area contributed by atoms with Crippen molar-refractivity contribution in [2.45, 2.75) is 45.1 Å². The van der Waals surface area contributed by atoms with Crippen LogP contribution in [0.1, 0.15) is 42.7 Å². The molecule has 2 N–H and O–H groups in total. The Labute approximate surface area is 183 Å². The van der Waals surface area contributed by atoms with E-state index in [1.54, 1.807) is 7.05 Å². The summed E-state index contributed by atoms with van der Waals surface area (Å²) < 4.78 is 17.3. The second kappa shape index (κ2) is 10.5. The highest BCUT2D eigenvalue weighted by molar-refractivity contribution is 5.81. The van der Waals surface area contributed by atoms with Crippen LogP contribution in [0.15, 0.2) is 64.0 Å². The van der Waals surface area contributed by atoms with Gasteiger partial charge in [-0.2, -0.15) is 0 Å². The van der Waals surface area contributed by atoms with Crippen molar-refractivity contribution in [3.8, 4) is 0 Å². The van der Waals surface area contributed by atoms with Gasteiger partial charge in [0.15, 0.2) is 5.96 Å². The van der Waals surface area contributed by atoms with E-state index in [1.807, 2.05) is 18.2 Å². The Hall–Kier alpha value is -2.83. The second-order valence-electron chi connectivity index (χ2n) is 7.92. The molecule has 0 aliphatic carbocycles. The van der Waals surface area contributed by atoms with Gasteiger partial charge in [0.2, 0.25) is 0 Å². The lowest BCUT2D eigenvalue weighted by atomic mass is 10.1. The lowest BCUT2D eigenvalue weighted by Gasteiger charge is -2.22. The third-order valence-electron chi connectivity index (χ3n) is 5.59. The van der Waals surface area contributed by atoms with Gasteiger partial charge in [0.05, 0.1) is 18.8 Å². The maximum atomic E-state index is 6.00. The summed E-state index contributed by atoms with van der Waals surface area (Å²) in [7, 11) is 1.78. The Balaban J connectivity index is 1.26. The summed E-state index contributed by atoms with van der Waals surface area (Å²) in [5, 5.41) is 7.88. The number of hydrogen-bond acceptors (Lipinski definition) is 4. The van der Waals surface area contributed by atoms with Crippen LogP contribution in [0.5, 0.6) is 0 Å². The van der Waals surface area contributed by atoms with Gasteiger partial charge >= 0.3 is 0 Å². The van der Waals surface area contributed by atoms with Gasteiger partial charge in [-0.25, -0.2) is 0 Å². The third-order valence-corrected chi connectivity index (χ3v) is 5.59. The van der Waals surface area contributed by atoms with Crippen LogP contribution in [0.3, 0.4) is 0 Å². The van der Waals surface area contributed by atoms with E-state index in [0.717, 1.165) is 48.7 Å². The molecule has 1 saturated heterocycles. The maximum Gasteiger partial charge on any atom is 0.191 e. The smallest absolute Gasteiger partial charge is 0.191 e. The van der Waals surface area contributed by atoms with Crippen molar-refractivity contribution in [2.24, 2.45) is 4.99 Å². The summed E-state index contributed by atoms with van der Waals surface area (Å²) >= 11 is 0. The van der Waals surface area contributed by atoms with Crippen molar-refractivity contribution in [1.29, 1.82) is 0 Å². The van der Waals surface area contributed by atoms with E-state index in [2.05, 4.69) is 58.9 Å². The molecule has 31 heavy (non-hydrogen) atoms. The largest absolute Gasteiger partial charge is 0.459 e. The van der Waals surface area contributed by atoms with E-state index in [9.17, 15) is 0 Å². The van der Waals surface area contributed by atoms with Crippen LogP contribution >= 0.6 is 0 Å². The second-order valence-corrected chi connectivity index (χ2v) is 7.92. The number of fused-ring (bicyclic) bond motifs is 1. The first kappa shape index (κ1) is 21.4. The molecule has 0 radical (unpaired) electrons. The van der Waals surface area contributed by atoms with E-state index in [0.29, 0.717) is 19.3 Å². The van der Waals surface area contributed by atoms with Crippen molar-refractivity contribution >= 4 is 16.9 Å². The first-order valence-corrected chi connectivity index (χ1v) is 10.9. The number of ether oxygens (including phenoxy) is 2. The SMILES string of the molecule is CN=C(NCc1ccc(COC2CCOCC2)cc1)NC(C)c1cc2ccccc2o1. The zero-order valence-electron chi connectivity index (χ0n) is 18.3. The lowest BCUT2D eigenvalue weighted by molar-refractivity contribution is -0.0390. The molecule has 1 aliphatic rings. The fourth-order valence-electron chi connectivity index (χ4n) is 3.68. The van der Waals surface area contributed by atoms with Gasteiger partial charge < -0.3 is 24.5 Å². The molecule has 4 rings (SSSR count). The van der Waals surface area contributed by atoms with Crippen molar-refractivity contribution in [1.82, 2.24) is 10.6 Å². The summed E-state index contributed by atoms with van der Waals surface area (Å²) in [6.07, 6.45) is 2.29. The van der Waals surface area contributed by atoms with Crippen LogP contribution in [0.4, 0.5) is 0 Å². The molecular formula is C25H31N3O3. The number of furan rings is 1. The molecule has 3 aromatic rings. The highest BCUT2D eigenvalue weighted by atomic mass is 16.5. The van der Waals surface area contributed by atoms with Gasteiger partial charge in [-0.3, -0.25) is 4.99 Å². The van der Waals surface area contributed by atoms with Crippen molar-refractivity contribution in [3.63, 3.8) is 0 Å². The van der Waals surface area contributed by atoms with Crippen molar-refractivity contribution in [2.75, 3.05) is 20.3 Å². The molecule has 2 aromatic carbocycles. The predicted molar refractivity (Wildman–Crippen MR) is 123 cm³/mol. The summed E-state index contributed by atoms with van der Waals surface area (Å²) in [4.78, 5) is 4.34. The van der Waals surface area contributed by atoms with Crippen molar-refractivity contribution in [3.05, 3.63) is 71.5 Å². The van der Waals surface area contributed by atoms with Gasteiger partial charge in [-0.05, 0) is 43.0 Å². The molecule has 0 amide bonds. The molecule has 0 spiro atoms. The molecule has 1 aromatic heterocycles. The molecule has 1 aliphatic heterocycles. The first-order chi connectivity index (χ1) is 15.2. The molecule has 6 heteroatoms. The predicted octanol–water partition coefficient (Wildman–Crippen LogP) is 4.55. The number of benzene rings is 2. The molecule has 1 unspecified atom stereocenters. The number of para-hydroxylation sites is 1. The maximum absolute atomic E-state index is 6.00. The van der Waals surface area contributed by atoms with E-state index < -0.39 is 0 Å². The molecule has 1 fully saturated rings. The van der Waals surface area contributed by atoms with Crippen molar-refractivity contribution < 1.29 is 13.9 Å². The molecule has 6 nitrogen and oxygen atoms in total. The summed E-state index contributed by atoms with van der Waals surface area (Å²) in [6.45, 7) is 5.02. The van der Waals surface area contributed by atoms with Gasteiger partial charge in [-0.15, -0.1) is 0 Å². The number of nitrogens with one attached hydrogen (secondary N) is 2. The average Bonchev–Trinajstić information content (AvgIpc) is 3.26. The highest BCUT2D eigenvalue weighted by Crippen LogP contribution is 2.23. The Bertz CT molecular complexity index is 958. The average molecular weight is 422 g/mol. The zero-order valence-corrected chi connectivity index (χ0v) is 18.3.